The smallest absolute Gasteiger partial charge is 0.251 e. The monoisotopic (exact) mass is 389 g/mol. The van der Waals surface area contributed by atoms with E-state index in [0.717, 1.165) is 31.1 Å². The molecule has 2 heterocycles. The Balaban J connectivity index is 1.57. The molecular weight excluding hydrogens is 362 g/mol. The van der Waals surface area contributed by atoms with Crippen LogP contribution in [0.5, 0.6) is 11.5 Å². The summed E-state index contributed by atoms with van der Waals surface area (Å²) in [6.07, 6.45) is 4.08. The van der Waals surface area contributed by atoms with Gasteiger partial charge in [-0.15, -0.1) is 11.3 Å². The molecule has 27 heavy (non-hydrogen) atoms. The number of thiazole rings is 1. The topological polar surface area (TPSA) is 63.7 Å². The Hall–Kier alpha value is -2.28. The molecule has 1 aliphatic heterocycles. The van der Waals surface area contributed by atoms with Crippen LogP contribution in [0.1, 0.15) is 37.0 Å². The highest BCUT2D eigenvalue weighted by Gasteiger charge is 2.22. The van der Waals surface area contributed by atoms with Gasteiger partial charge in [-0.1, -0.05) is 0 Å². The minimum Gasteiger partial charge on any atom is -0.490 e. The molecule has 1 N–H and O–H groups in total. The number of aromatic nitrogens is 1. The zero-order chi connectivity index (χ0) is 19.1. The number of ether oxygens (including phenoxy) is 2. The fourth-order valence-corrected chi connectivity index (χ4v) is 3.99. The Morgan fingerprint density at radius 1 is 1.30 bits per heavy atom. The summed E-state index contributed by atoms with van der Waals surface area (Å²) in [6, 6.07) is 5.34. The number of carbonyl (C=O) groups excluding carboxylic acids is 1. The lowest BCUT2D eigenvalue weighted by molar-refractivity contribution is 0.0945. The van der Waals surface area contributed by atoms with Crippen LogP contribution in [0.3, 0.4) is 0 Å². The van der Waals surface area contributed by atoms with Gasteiger partial charge in [0.1, 0.15) is 0 Å². The lowest BCUT2D eigenvalue weighted by Crippen LogP contribution is -2.41. The molecule has 1 aromatic carbocycles. The SMILES string of the molecule is CCOc1ccc(C(=O)NCC2CCCN(c3nccs3)C2)cc1OCC. The number of carbonyl (C=O) groups is 1. The van der Waals surface area contributed by atoms with Crippen LogP contribution < -0.4 is 19.7 Å². The molecule has 1 saturated heterocycles. The molecule has 1 fully saturated rings. The summed E-state index contributed by atoms with van der Waals surface area (Å²) in [7, 11) is 0. The Kier molecular flexibility index (Phi) is 6.92. The zero-order valence-corrected chi connectivity index (χ0v) is 16.8. The molecule has 146 valence electrons. The largest absolute Gasteiger partial charge is 0.490 e. The second-order valence-electron chi connectivity index (χ2n) is 6.51. The highest BCUT2D eigenvalue weighted by atomic mass is 32.1. The summed E-state index contributed by atoms with van der Waals surface area (Å²) < 4.78 is 11.2. The first-order valence-electron chi connectivity index (χ1n) is 9.53. The first kappa shape index (κ1) is 19.5. The molecule has 2 aromatic rings. The third-order valence-corrected chi connectivity index (χ3v) is 5.40. The van der Waals surface area contributed by atoms with Crippen LogP contribution in [0, 0.1) is 5.92 Å². The number of hydrogen-bond donors (Lipinski definition) is 1. The Morgan fingerprint density at radius 3 is 2.85 bits per heavy atom. The van der Waals surface area contributed by atoms with E-state index in [0.29, 0.717) is 42.7 Å². The standard InChI is InChI=1S/C20H27N3O3S/c1-3-25-17-8-7-16(12-18(17)26-4-2)19(24)22-13-15-6-5-10-23(14-15)20-21-9-11-27-20/h7-9,11-12,15H,3-6,10,13-14H2,1-2H3,(H,22,24). The summed E-state index contributed by atoms with van der Waals surface area (Å²) in [5.41, 5.74) is 0.592. The van der Waals surface area contributed by atoms with Crippen molar-refractivity contribution in [2.24, 2.45) is 5.92 Å². The minimum atomic E-state index is -0.0784. The van der Waals surface area contributed by atoms with Gasteiger partial charge in [0.15, 0.2) is 16.6 Å². The van der Waals surface area contributed by atoms with Crippen LogP contribution in [-0.4, -0.2) is 43.7 Å². The highest BCUT2D eigenvalue weighted by molar-refractivity contribution is 7.13. The van der Waals surface area contributed by atoms with Crippen LogP contribution in [0.25, 0.3) is 0 Å². The van der Waals surface area contributed by atoms with Crippen LogP contribution in [0.2, 0.25) is 0 Å². The van der Waals surface area contributed by atoms with Crippen molar-refractivity contribution < 1.29 is 14.3 Å². The van der Waals surface area contributed by atoms with Gasteiger partial charge in [-0.25, -0.2) is 4.98 Å². The van der Waals surface area contributed by atoms with E-state index in [2.05, 4.69) is 15.2 Å². The molecule has 0 bridgehead atoms. The van der Waals surface area contributed by atoms with Crippen molar-refractivity contribution in [3.05, 3.63) is 35.3 Å². The van der Waals surface area contributed by atoms with Crippen molar-refractivity contribution in [1.82, 2.24) is 10.3 Å². The zero-order valence-electron chi connectivity index (χ0n) is 15.9. The predicted octanol–water partition coefficient (Wildman–Crippen LogP) is 3.59. The van der Waals surface area contributed by atoms with Crippen molar-refractivity contribution >= 4 is 22.4 Å². The van der Waals surface area contributed by atoms with E-state index < -0.39 is 0 Å². The Bertz CT molecular complexity index is 736. The van der Waals surface area contributed by atoms with Crippen LogP contribution in [0.4, 0.5) is 5.13 Å². The molecule has 0 radical (unpaired) electrons. The fraction of sp³-hybridized carbons (Fsp3) is 0.500. The first-order valence-corrected chi connectivity index (χ1v) is 10.4. The van der Waals surface area contributed by atoms with Crippen molar-refractivity contribution in [3.8, 4) is 11.5 Å². The quantitative estimate of drug-likeness (QED) is 0.748. The van der Waals surface area contributed by atoms with E-state index in [1.807, 2.05) is 25.4 Å². The lowest BCUT2D eigenvalue weighted by Gasteiger charge is -2.32. The third kappa shape index (κ3) is 5.13. The number of piperidine rings is 1. The lowest BCUT2D eigenvalue weighted by atomic mass is 9.98. The summed E-state index contributed by atoms with van der Waals surface area (Å²) in [5.74, 6) is 1.63. The Labute approximate surface area is 164 Å². The van der Waals surface area contributed by atoms with Crippen molar-refractivity contribution in [3.63, 3.8) is 0 Å². The van der Waals surface area contributed by atoms with E-state index in [1.165, 1.54) is 0 Å². The maximum absolute atomic E-state index is 12.6. The number of amides is 1. The second kappa shape index (κ2) is 9.60. The number of nitrogens with one attached hydrogen (secondary N) is 1. The molecular formula is C20H27N3O3S. The molecule has 1 atom stereocenters. The minimum absolute atomic E-state index is 0.0784. The van der Waals surface area contributed by atoms with Gasteiger partial charge in [-0.3, -0.25) is 4.79 Å². The van der Waals surface area contributed by atoms with Crippen molar-refractivity contribution in [1.29, 1.82) is 0 Å². The number of nitrogens with zero attached hydrogens (tertiary/aromatic N) is 2. The van der Waals surface area contributed by atoms with E-state index in [4.69, 9.17) is 9.47 Å². The maximum Gasteiger partial charge on any atom is 0.251 e. The molecule has 6 nitrogen and oxygen atoms in total. The molecule has 3 rings (SSSR count). The van der Waals surface area contributed by atoms with Crippen LogP contribution >= 0.6 is 11.3 Å². The highest BCUT2D eigenvalue weighted by Crippen LogP contribution is 2.29. The number of anilines is 1. The fourth-order valence-electron chi connectivity index (χ4n) is 3.31. The predicted molar refractivity (Wildman–Crippen MR) is 108 cm³/mol. The second-order valence-corrected chi connectivity index (χ2v) is 7.38. The molecule has 0 spiro atoms. The maximum atomic E-state index is 12.6. The summed E-state index contributed by atoms with van der Waals surface area (Å²) in [5, 5.41) is 6.15. The van der Waals surface area contributed by atoms with E-state index in [1.54, 1.807) is 29.5 Å². The Morgan fingerprint density at radius 2 is 2.11 bits per heavy atom. The summed E-state index contributed by atoms with van der Waals surface area (Å²) >= 11 is 1.67. The summed E-state index contributed by atoms with van der Waals surface area (Å²) in [6.45, 7) is 7.56. The van der Waals surface area contributed by atoms with E-state index >= 15 is 0 Å². The molecule has 1 unspecified atom stereocenters. The van der Waals surface area contributed by atoms with Crippen molar-refractivity contribution in [2.75, 3.05) is 37.7 Å². The molecule has 0 saturated carbocycles. The number of hydrogen-bond acceptors (Lipinski definition) is 6. The third-order valence-electron chi connectivity index (χ3n) is 4.57. The number of rotatable bonds is 8. The molecule has 1 aliphatic rings. The van der Waals surface area contributed by atoms with E-state index in [-0.39, 0.29) is 5.91 Å². The van der Waals surface area contributed by atoms with Crippen LogP contribution in [-0.2, 0) is 0 Å². The molecule has 7 heteroatoms. The summed E-state index contributed by atoms with van der Waals surface area (Å²) in [4.78, 5) is 19.3. The molecule has 0 aliphatic carbocycles. The van der Waals surface area contributed by atoms with E-state index in [9.17, 15) is 4.79 Å². The van der Waals surface area contributed by atoms with Gasteiger partial charge in [0.05, 0.1) is 13.2 Å². The molecule has 1 amide bonds. The average Bonchev–Trinajstić information content (AvgIpc) is 3.23. The molecule has 1 aromatic heterocycles. The van der Waals surface area contributed by atoms with Gasteiger partial charge in [0.2, 0.25) is 0 Å². The normalized spacial score (nSPS) is 16.8. The van der Waals surface area contributed by atoms with Gasteiger partial charge in [0.25, 0.3) is 5.91 Å². The van der Waals surface area contributed by atoms with Gasteiger partial charge < -0.3 is 19.7 Å². The van der Waals surface area contributed by atoms with Gasteiger partial charge in [0, 0.05) is 36.8 Å². The van der Waals surface area contributed by atoms with Crippen LogP contribution in [0.15, 0.2) is 29.8 Å². The van der Waals surface area contributed by atoms with Gasteiger partial charge in [-0.05, 0) is 50.8 Å². The van der Waals surface area contributed by atoms with Gasteiger partial charge >= 0.3 is 0 Å². The van der Waals surface area contributed by atoms with Gasteiger partial charge in [-0.2, -0.15) is 0 Å². The van der Waals surface area contributed by atoms with Crippen molar-refractivity contribution in [2.45, 2.75) is 26.7 Å². The average molecular weight is 390 g/mol. The first-order chi connectivity index (χ1) is 13.2. The number of benzene rings is 1.